The molecule has 0 aliphatic carbocycles. The number of hydrogen-bond acceptors (Lipinski definition) is 7. The normalized spacial score (nSPS) is 12.4. The van der Waals surface area contributed by atoms with Crippen LogP contribution in [-0.4, -0.2) is 41.0 Å². The summed E-state index contributed by atoms with van der Waals surface area (Å²) >= 11 is 0. The number of ether oxygens (including phenoxy) is 2. The molecule has 0 radical (unpaired) electrons. The van der Waals surface area contributed by atoms with Crippen LogP contribution in [0.5, 0.6) is 11.5 Å². The van der Waals surface area contributed by atoms with Gasteiger partial charge >= 0.3 is 11.1 Å². The predicted octanol–water partition coefficient (Wildman–Crippen LogP) is 1.52. The van der Waals surface area contributed by atoms with Crippen molar-refractivity contribution in [2.75, 3.05) is 31.0 Å². The molecule has 0 atom stereocenters. The molecule has 0 fully saturated rings. The monoisotopic (exact) mass is 437 g/mol. The van der Waals surface area contributed by atoms with Gasteiger partial charge in [-0.3, -0.25) is 19.0 Å². The van der Waals surface area contributed by atoms with Gasteiger partial charge in [-0.2, -0.15) is 0 Å². The van der Waals surface area contributed by atoms with E-state index in [0.717, 1.165) is 15.9 Å². The maximum atomic E-state index is 12.7. The van der Waals surface area contributed by atoms with Crippen LogP contribution in [0.1, 0.15) is 5.56 Å². The van der Waals surface area contributed by atoms with Crippen molar-refractivity contribution in [1.29, 1.82) is 0 Å². The molecule has 166 valence electrons. The van der Waals surface area contributed by atoms with Gasteiger partial charge in [-0.05, 0) is 31.2 Å². The van der Waals surface area contributed by atoms with Crippen molar-refractivity contribution in [2.24, 2.45) is 0 Å². The number of rotatable bonds is 6. The van der Waals surface area contributed by atoms with Crippen molar-refractivity contribution < 1.29 is 14.3 Å². The first kappa shape index (κ1) is 21.2. The number of aryl methyl sites for hydroxylation is 1. The van der Waals surface area contributed by atoms with Crippen LogP contribution in [0.15, 0.2) is 52.1 Å². The van der Waals surface area contributed by atoms with Crippen molar-refractivity contribution in [3.63, 3.8) is 0 Å². The smallest absolute Gasteiger partial charge is 0.333 e. The van der Waals surface area contributed by atoms with Crippen LogP contribution in [0.3, 0.4) is 0 Å². The third-order valence-electron chi connectivity index (χ3n) is 5.22. The van der Waals surface area contributed by atoms with E-state index >= 15 is 0 Å². The minimum Gasteiger partial charge on any atom is -0.497 e. The first-order valence-corrected chi connectivity index (χ1v) is 9.99. The van der Waals surface area contributed by atoms with Gasteiger partial charge in [0.1, 0.15) is 18.0 Å². The summed E-state index contributed by atoms with van der Waals surface area (Å²) in [6.07, 6.45) is 0. The molecular weight excluding hydrogens is 414 g/mol. The summed E-state index contributed by atoms with van der Waals surface area (Å²) in [6.45, 7) is 2.41. The molecule has 4 rings (SSSR count). The Labute approximate surface area is 183 Å². The maximum absolute atomic E-state index is 12.7. The molecule has 0 bridgehead atoms. The van der Waals surface area contributed by atoms with Crippen LogP contribution in [0.4, 0.5) is 17.3 Å². The summed E-state index contributed by atoms with van der Waals surface area (Å²) in [5, 5.41) is 7.01. The van der Waals surface area contributed by atoms with Gasteiger partial charge < -0.3 is 19.7 Å². The molecule has 10 heteroatoms. The molecule has 1 aliphatic heterocycles. The number of anilines is 3. The third-order valence-corrected chi connectivity index (χ3v) is 5.22. The van der Waals surface area contributed by atoms with Crippen molar-refractivity contribution >= 4 is 23.2 Å². The SMILES string of the molecule is COc1ccc(OC)c(NC(=O)Cn2nc3n(c(=O)c2=O)CCN3c2ccc(C)cc2)c1. The zero-order chi connectivity index (χ0) is 22.8. The van der Waals surface area contributed by atoms with E-state index in [1.54, 1.807) is 18.2 Å². The van der Waals surface area contributed by atoms with E-state index < -0.39 is 23.6 Å². The van der Waals surface area contributed by atoms with E-state index in [2.05, 4.69) is 10.4 Å². The number of methoxy groups -OCH3 is 2. The number of nitrogens with one attached hydrogen (secondary N) is 1. The fraction of sp³-hybridized carbons (Fsp3) is 0.273. The molecule has 1 amide bonds. The number of amides is 1. The van der Waals surface area contributed by atoms with Gasteiger partial charge in [0.2, 0.25) is 11.9 Å². The standard InChI is InChI=1S/C22H23N5O5/c1-14-4-6-15(7-5-14)25-10-11-26-20(29)21(30)27(24-22(25)26)13-19(28)23-17-12-16(31-2)8-9-18(17)32-3/h4-9,12H,10-11,13H2,1-3H3,(H,23,28). The van der Waals surface area contributed by atoms with E-state index in [1.807, 2.05) is 36.1 Å². The average molecular weight is 437 g/mol. The Bertz CT molecular complexity index is 1280. The number of carbonyl (C=O) groups excluding carboxylic acids is 1. The lowest BCUT2D eigenvalue weighted by atomic mass is 10.2. The molecule has 32 heavy (non-hydrogen) atoms. The van der Waals surface area contributed by atoms with Gasteiger partial charge in [0.25, 0.3) is 0 Å². The van der Waals surface area contributed by atoms with Gasteiger partial charge in [-0.1, -0.05) is 17.7 Å². The highest BCUT2D eigenvalue weighted by molar-refractivity contribution is 5.92. The largest absolute Gasteiger partial charge is 0.497 e. The molecular formula is C22H23N5O5. The summed E-state index contributed by atoms with van der Waals surface area (Å²) in [5.41, 5.74) is 0.769. The Morgan fingerprint density at radius 3 is 2.47 bits per heavy atom. The van der Waals surface area contributed by atoms with E-state index in [-0.39, 0.29) is 0 Å². The van der Waals surface area contributed by atoms with Crippen LogP contribution in [-0.2, 0) is 17.9 Å². The van der Waals surface area contributed by atoms with E-state index in [1.165, 1.54) is 18.8 Å². The van der Waals surface area contributed by atoms with Gasteiger partial charge in [-0.15, -0.1) is 5.10 Å². The zero-order valence-corrected chi connectivity index (χ0v) is 18.0. The zero-order valence-electron chi connectivity index (χ0n) is 18.0. The first-order valence-electron chi connectivity index (χ1n) is 9.99. The predicted molar refractivity (Wildman–Crippen MR) is 119 cm³/mol. The molecule has 0 unspecified atom stereocenters. The number of hydrogen-bond donors (Lipinski definition) is 1. The molecule has 3 aromatic rings. The molecule has 0 spiro atoms. The molecule has 0 saturated carbocycles. The van der Waals surface area contributed by atoms with E-state index in [9.17, 15) is 14.4 Å². The average Bonchev–Trinajstić information content (AvgIpc) is 3.21. The molecule has 2 heterocycles. The molecule has 1 aromatic heterocycles. The second kappa shape index (κ2) is 8.58. The van der Waals surface area contributed by atoms with Gasteiger partial charge in [0, 0.05) is 24.8 Å². The molecule has 1 aliphatic rings. The second-order valence-corrected chi connectivity index (χ2v) is 7.32. The molecule has 2 aromatic carbocycles. The number of fused-ring (bicyclic) bond motifs is 1. The molecule has 0 saturated heterocycles. The summed E-state index contributed by atoms with van der Waals surface area (Å²) in [5.74, 6) is 0.750. The Kier molecular flexibility index (Phi) is 5.67. The van der Waals surface area contributed by atoms with Crippen LogP contribution >= 0.6 is 0 Å². The molecule has 1 N–H and O–H groups in total. The maximum Gasteiger partial charge on any atom is 0.333 e. The van der Waals surface area contributed by atoms with E-state index in [0.29, 0.717) is 36.2 Å². The fourth-order valence-electron chi connectivity index (χ4n) is 3.54. The summed E-state index contributed by atoms with van der Waals surface area (Å²) < 4.78 is 12.7. The van der Waals surface area contributed by atoms with Crippen molar-refractivity contribution in [2.45, 2.75) is 20.0 Å². The fourth-order valence-corrected chi connectivity index (χ4v) is 3.54. The highest BCUT2D eigenvalue weighted by Crippen LogP contribution is 2.29. The lowest BCUT2D eigenvalue weighted by Gasteiger charge is -2.18. The number of aromatic nitrogens is 3. The Balaban J connectivity index is 1.63. The van der Waals surface area contributed by atoms with Crippen LogP contribution in [0.25, 0.3) is 0 Å². The summed E-state index contributed by atoms with van der Waals surface area (Å²) in [6, 6.07) is 12.7. The van der Waals surface area contributed by atoms with Crippen LogP contribution < -0.4 is 30.8 Å². The Morgan fingerprint density at radius 2 is 1.78 bits per heavy atom. The van der Waals surface area contributed by atoms with Gasteiger partial charge in [0.15, 0.2) is 0 Å². The van der Waals surface area contributed by atoms with Gasteiger partial charge in [-0.25, -0.2) is 4.68 Å². The van der Waals surface area contributed by atoms with Crippen molar-refractivity contribution in [3.8, 4) is 11.5 Å². The quantitative estimate of drug-likeness (QED) is 0.583. The Morgan fingerprint density at radius 1 is 1.03 bits per heavy atom. The lowest BCUT2D eigenvalue weighted by Crippen LogP contribution is -2.44. The van der Waals surface area contributed by atoms with Crippen LogP contribution in [0.2, 0.25) is 0 Å². The first-order chi connectivity index (χ1) is 15.4. The summed E-state index contributed by atoms with van der Waals surface area (Å²) in [4.78, 5) is 39.7. The topological polar surface area (TPSA) is 108 Å². The number of benzene rings is 2. The highest BCUT2D eigenvalue weighted by atomic mass is 16.5. The number of nitrogens with zero attached hydrogens (tertiary/aromatic N) is 4. The second-order valence-electron chi connectivity index (χ2n) is 7.32. The van der Waals surface area contributed by atoms with E-state index in [4.69, 9.17) is 9.47 Å². The minimum atomic E-state index is -0.854. The highest BCUT2D eigenvalue weighted by Gasteiger charge is 2.26. The van der Waals surface area contributed by atoms with Crippen molar-refractivity contribution in [3.05, 3.63) is 68.7 Å². The third kappa shape index (κ3) is 3.94. The lowest BCUT2D eigenvalue weighted by molar-refractivity contribution is -0.117. The Hall–Kier alpha value is -4.08. The number of carbonyl (C=O) groups is 1. The molecule has 10 nitrogen and oxygen atoms in total. The summed E-state index contributed by atoms with van der Waals surface area (Å²) in [7, 11) is 2.99. The van der Waals surface area contributed by atoms with Gasteiger partial charge in [0.05, 0.1) is 19.9 Å². The minimum absolute atomic E-state index is 0.324. The van der Waals surface area contributed by atoms with Crippen molar-refractivity contribution in [1.82, 2.24) is 14.3 Å². The van der Waals surface area contributed by atoms with Crippen LogP contribution in [0, 0.1) is 6.92 Å².